The van der Waals surface area contributed by atoms with Gasteiger partial charge in [0.2, 0.25) is 0 Å². The number of nitrogens with one attached hydrogen (secondary N) is 1. The van der Waals surface area contributed by atoms with Crippen LogP contribution in [-0.2, 0) is 11.3 Å². The second kappa shape index (κ2) is 6.64. The van der Waals surface area contributed by atoms with Gasteiger partial charge in [-0.3, -0.25) is 10.00 Å². The van der Waals surface area contributed by atoms with E-state index in [1.54, 1.807) is 11.0 Å². The predicted molar refractivity (Wildman–Crippen MR) is 78.9 cm³/mol. The second-order valence-electron chi connectivity index (χ2n) is 6.44. The van der Waals surface area contributed by atoms with Crippen molar-refractivity contribution in [2.45, 2.75) is 39.2 Å². The van der Waals surface area contributed by atoms with E-state index in [4.69, 9.17) is 14.9 Å². The Morgan fingerprint density at radius 2 is 2.00 bits per heavy atom. The largest absolute Gasteiger partial charge is 0.444 e. The van der Waals surface area contributed by atoms with E-state index in [0.717, 1.165) is 18.8 Å². The van der Waals surface area contributed by atoms with E-state index < -0.39 is 11.9 Å². The second-order valence-corrected chi connectivity index (χ2v) is 6.44. The summed E-state index contributed by atoms with van der Waals surface area (Å²) in [5.74, 6) is 0. The van der Waals surface area contributed by atoms with Gasteiger partial charge in [0.1, 0.15) is 11.3 Å². The molecule has 22 heavy (non-hydrogen) atoms. The first kappa shape index (κ1) is 16.7. The standard InChI is InChI=1S/C14H24N4O4/c1-14(2,3)22-13(21)18-6-4-17(5-7-18)9-10-8-11(12(19)20)16-15-10/h8,12,19-20H,4-7,9H2,1-3H3,(H,15,16). The highest BCUT2D eigenvalue weighted by Crippen LogP contribution is 2.14. The summed E-state index contributed by atoms with van der Waals surface area (Å²) >= 11 is 0. The van der Waals surface area contributed by atoms with Crippen LogP contribution in [0.3, 0.4) is 0 Å². The van der Waals surface area contributed by atoms with Crippen molar-refractivity contribution in [1.82, 2.24) is 20.0 Å². The van der Waals surface area contributed by atoms with Crippen LogP contribution in [0.25, 0.3) is 0 Å². The van der Waals surface area contributed by atoms with Gasteiger partial charge in [-0.2, -0.15) is 5.10 Å². The number of aliphatic hydroxyl groups excluding tert-OH is 1. The van der Waals surface area contributed by atoms with Gasteiger partial charge in [-0.05, 0) is 26.8 Å². The lowest BCUT2D eigenvalue weighted by atomic mass is 10.2. The van der Waals surface area contributed by atoms with Gasteiger partial charge in [0.05, 0.1) is 0 Å². The summed E-state index contributed by atoms with van der Waals surface area (Å²) < 4.78 is 5.36. The zero-order valence-electron chi connectivity index (χ0n) is 13.2. The fourth-order valence-electron chi connectivity index (χ4n) is 2.25. The highest BCUT2D eigenvalue weighted by molar-refractivity contribution is 5.68. The lowest BCUT2D eigenvalue weighted by molar-refractivity contribution is -0.0458. The van der Waals surface area contributed by atoms with Crippen LogP contribution >= 0.6 is 0 Å². The Hall–Kier alpha value is -1.64. The van der Waals surface area contributed by atoms with Gasteiger partial charge in [0.25, 0.3) is 0 Å². The maximum Gasteiger partial charge on any atom is 0.410 e. The molecule has 0 atom stereocenters. The van der Waals surface area contributed by atoms with Crippen molar-refractivity contribution in [3.8, 4) is 0 Å². The third-order valence-corrected chi connectivity index (χ3v) is 3.33. The molecule has 0 aliphatic carbocycles. The Morgan fingerprint density at radius 1 is 1.36 bits per heavy atom. The van der Waals surface area contributed by atoms with Gasteiger partial charge in [0.15, 0.2) is 6.29 Å². The summed E-state index contributed by atoms with van der Waals surface area (Å²) in [6, 6.07) is 1.63. The lowest BCUT2D eigenvalue weighted by Gasteiger charge is -2.35. The normalized spacial score (nSPS) is 17.1. The number of nitrogens with zero attached hydrogens (tertiary/aromatic N) is 3. The molecule has 1 aromatic rings. The van der Waals surface area contributed by atoms with Crippen molar-refractivity contribution in [2.75, 3.05) is 26.2 Å². The molecule has 1 aliphatic rings. The molecule has 1 saturated heterocycles. The highest BCUT2D eigenvalue weighted by Gasteiger charge is 2.26. The van der Waals surface area contributed by atoms with E-state index in [2.05, 4.69) is 15.1 Å². The van der Waals surface area contributed by atoms with Crippen LogP contribution < -0.4 is 0 Å². The van der Waals surface area contributed by atoms with Gasteiger partial charge in [0, 0.05) is 38.4 Å². The minimum Gasteiger partial charge on any atom is -0.444 e. The molecule has 0 unspecified atom stereocenters. The molecule has 1 aromatic heterocycles. The number of amides is 1. The molecule has 2 rings (SSSR count). The van der Waals surface area contributed by atoms with Gasteiger partial charge in [-0.1, -0.05) is 0 Å². The molecule has 8 heteroatoms. The van der Waals surface area contributed by atoms with Gasteiger partial charge < -0.3 is 19.8 Å². The minimum absolute atomic E-state index is 0.211. The molecule has 1 fully saturated rings. The van der Waals surface area contributed by atoms with E-state index >= 15 is 0 Å². The number of hydrogen-bond acceptors (Lipinski definition) is 6. The van der Waals surface area contributed by atoms with Crippen LogP contribution in [0.4, 0.5) is 4.79 Å². The fraction of sp³-hybridized carbons (Fsp3) is 0.714. The van der Waals surface area contributed by atoms with Crippen molar-refractivity contribution < 1.29 is 19.7 Å². The lowest BCUT2D eigenvalue weighted by Crippen LogP contribution is -2.49. The van der Waals surface area contributed by atoms with Crippen LogP contribution in [0.1, 0.15) is 38.4 Å². The van der Waals surface area contributed by atoms with E-state index in [-0.39, 0.29) is 11.8 Å². The fourth-order valence-corrected chi connectivity index (χ4v) is 2.25. The summed E-state index contributed by atoms with van der Waals surface area (Å²) in [4.78, 5) is 15.8. The third-order valence-electron chi connectivity index (χ3n) is 3.33. The molecular formula is C14H24N4O4. The first-order chi connectivity index (χ1) is 10.2. The highest BCUT2D eigenvalue weighted by atomic mass is 16.6. The molecule has 2 heterocycles. The average molecular weight is 312 g/mol. The van der Waals surface area contributed by atoms with E-state index in [1.807, 2.05) is 20.8 Å². The molecule has 0 aromatic carbocycles. The molecule has 1 amide bonds. The predicted octanol–water partition coefficient (Wildman–Crippen LogP) is 0.446. The molecule has 8 nitrogen and oxygen atoms in total. The van der Waals surface area contributed by atoms with Crippen LogP contribution in [0.15, 0.2) is 6.07 Å². The molecular weight excluding hydrogens is 288 g/mol. The quantitative estimate of drug-likeness (QED) is 0.700. The number of carbonyl (C=O) groups is 1. The Morgan fingerprint density at radius 3 is 2.50 bits per heavy atom. The average Bonchev–Trinajstić information content (AvgIpc) is 2.86. The minimum atomic E-state index is -1.56. The van der Waals surface area contributed by atoms with Gasteiger partial charge in [-0.25, -0.2) is 4.79 Å². The number of rotatable bonds is 3. The topological polar surface area (TPSA) is 102 Å². The van der Waals surface area contributed by atoms with E-state index in [9.17, 15) is 4.79 Å². The van der Waals surface area contributed by atoms with Crippen molar-refractivity contribution >= 4 is 6.09 Å². The number of piperazine rings is 1. The van der Waals surface area contributed by atoms with Crippen LogP contribution in [0, 0.1) is 0 Å². The molecule has 0 radical (unpaired) electrons. The number of aromatic nitrogens is 2. The first-order valence-corrected chi connectivity index (χ1v) is 7.35. The van der Waals surface area contributed by atoms with Crippen molar-refractivity contribution in [2.24, 2.45) is 0 Å². The summed E-state index contributed by atoms with van der Waals surface area (Å²) in [7, 11) is 0. The molecule has 1 aliphatic heterocycles. The summed E-state index contributed by atoms with van der Waals surface area (Å²) in [5, 5.41) is 24.7. The number of ether oxygens (including phenoxy) is 1. The SMILES string of the molecule is CC(C)(C)OC(=O)N1CCN(Cc2cc(C(O)O)n[nH]2)CC1. The van der Waals surface area contributed by atoms with Crippen molar-refractivity contribution in [3.05, 3.63) is 17.5 Å². The van der Waals surface area contributed by atoms with Crippen LogP contribution in [0.2, 0.25) is 0 Å². The number of carbonyl (C=O) groups excluding carboxylic acids is 1. The maximum absolute atomic E-state index is 12.0. The Kier molecular flexibility index (Phi) is 5.05. The number of aliphatic hydroxyl groups is 2. The maximum atomic E-state index is 12.0. The van der Waals surface area contributed by atoms with E-state index in [0.29, 0.717) is 19.6 Å². The molecule has 3 N–H and O–H groups in total. The molecule has 124 valence electrons. The molecule has 0 saturated carbocycles. The van der Waals surface area contributed by atoms with E-state index in [1.165, 1.54) is 0 Å². The smallest absolute Gasteiger partial charge is 0.410 e. The first-order valence-electron chi connectivity index (χ1n) is 7.35. The summed E-state index contributed by atoms with van der Waals surface area (Å²) in [5.41, 5.74) is 0.544. The number of H-pyrrole nitrogens is 1. The Labute approximate surface area is 129 Å². The van der Waals surface area contributed by atoms with Crippen molar-refractivity contribution in [3.63, 3.8) is 0 Å². The zero-order valence-corrected chi connectivity index (χ0v) is 13.2. The third kappa shape index (κ3) is 4.69. The Bertz CT molecular complexity index is 501. The Balaban J connectivity index is 1.80. The monoisotopic (exact) mass is 312 g/mol. The number of aromatic amines is 1. The number of hydrogen-bond donors (Lipinski definition) is 3. The summed E-state index contributed by atoms with van der Waals surface area (Å²) in [6.07, 6.45) is -1.84. The zero-order chi connectivity index (χ0) is 16.3. The summed E-state index contributed by atoms with van der Waals surface area (Å²) in [6.45, 7) is 8.87. The van der Waals surface area contributed by atoms with Gasteiger partial charge in [-0.15, -0.1) is 0 Å². The van der Waals surface area contributed by atoms with Crippen LogP contribution in [-0.4, -0.2) is 68.1 Å². The van der Waals surface area contributed by atoms with Gasteiger partial charge >= 0.3 is 6.09 Å². The molecule has 0 bridgehead atoms. The van der Waals surface area contributed by atoms with Crippen molar-refractivity contribution in [1.29, 1.82) is 0 Å². The molecule has 0 spiro atoms. The van der Waals surface area contributed by atoms with Crippen LogP contribution in [0.5, 0.6) is 0 Å².